The standard InChI is InChI=1S/C8H11N3O3/c1-3-14-7(12)5-4(2)10-8(13)11-6(5)9/h3H2,1-2H3,(H3,9,10,11,13). The summed E-state index contributed by atoms with van der Waals surface area (Å²) in [5.74, 6) is -0.684. The van der Waals surface area contributed by atoms with E-state index in [4.69, 9.17) is 10.5 Å². The third-order valence-electron chi connectivity index (χ3n) is 1.63. The Hall–Kier alpha value is -1.85. The molecule has 0 bridgehead atoms. The zero-order valence-electron chi connectivity index (χ0n) is 7.96. The first-order valence-corrected chi connectivity index (χ1v) is 4.09. The van der Waals surface area contributed by atoms with E-state index in [0.29, 0.717) is 5.69 Å². The smallest absolute Gasteiger partial charge is 0.347 e. The number of hydrogen-bond donors (Lipinski definition) is 2. The zero-order chi connectivity index (χ0) is 10.7. The van der Waals surface area contributed by atoms with Gasteiger partial charge < -0.3 is 15.5 Å². The van der Waals surface area contributed by atoms with Gasteiger partial charge in [-0.05, 0) is 13.8 Å². The number of anilines is 1. The summed E-state index contributed by atoms with van der Waals surface area (Å²) in [6, 6.07) is 0. The summed E-state index contributed by atoms with van der Waals surface area (Å²) < 4.78 is 4.75. The highest BCUT2D eigenvalue weighted by molar-refractivity contribution is 5.95. The van der Waals surface area contributed by atoms with Crippen molar-refractivity contribution in [3.63, 3.8) is 0 Å². The summed E-state index contributed by atoms with van der Waals surface area (Å²) >= 11 is 0. The van der Waals surface area contributed by atoms with Gasteiger partial charge in [0.2, 0.25) is 0 Å². The SMILES string of the molecule is CCOC(=O)c1c(N)nc(=O)[nH]c1C. The van der Waals surface area contributed by atoms with Crippen molar-refractivity contribution in [2.45, 2.75) is 13.8 Å². The molecule has 1 rings (SSSR count). The Morgan fingerprint density at radius 1 is 1.64 bits per heavy atom. The molecule has 0 saturated carbocycles. The fourth-order valence-corrected chi connectivity index (χ4v) is 1.07. The molecule has 0 radical (unpaired) electrons. The highest BCUT2D eigenvalue weighted by atomic mass is 16.5. The van der Waals surface area contributed by atoms with Crippen LogP contribution >= 0.6 is 0 Å². The van der Waals surface area contributed by atoms with Crippen LogP contribution in [-0.2, 0) is 4.74 Å². The van der Waals surface area contributed by atoms with Gasteiger partial charge in [0.25, 0.3) is 0 Å². The number of hydrogen-bond acceptors (Lipinski definition) is 5. The topological polar surface area (TPSA) is 98.1 Å². The van der Waals surface area contributed by atoms with E-state index in [1.165, 1.54) is 0 Å². The Labute approximate surface area is 80.1 Å². The summed E-state index contributed by atoms with van der Waals surface area (Å²) in [7, 11) is 0. The van der Waals surface area contributed by atoms with Crippen molar-refractivity contribution >= 4 is 11.8 Å². The average Bonchev–Trinajstić information content (AvgIpc) is 2.01. The first-order chi connectivity index (χ1) is 6.56. The number of ether oxygens (including phenoxy) is 1. The van der Waals surface area contributed by atoms with E-state index in [-0.39, 0.29) is 18.0 Å². The first-order valence-electron chi connectivity index (χ1n) is 4.09. The van der Waals surface area contributed by atoms with Crippen molar-refractivity contribution in [2.75, 3.05) is 12.3 Å². The number of esters is 1. The molecule has 1 aromatic heterocycles. The second kappa shape index (κ2) is 3.91. The number of nitrogens with zero attached hydrogens (tertiary/aromatic N) is 1. The molecule has 0 unspecified atom stereocenters. The van der Waals surface area contributed by atoms with E-state index in [1.54, 1.807) is 13.8 Å². The lowest BCUT2D eigenvalue weighted by Gasteiger charge is -2.06. The fourth-order valence-electron chi connectivity index (χ4n) is 1.07. The lowest BCUT2D eigenvalue weighted by molar-refractivity contribution is 0.0525. The van der Waals surface area contributed by atoms with E-state index in [9.17, 15) is 9.59 Å². The van der Waals surface area contributed by atoms with Crippen molar-refractivity contribution in [3.05, 3.63) is 21.7 Å². The Bertz CT molecular complexity index is 385. The van der Waals surface area contributed by atoms with Crippen LogP contribution in [0.1, 0.15) is 23.0 Å². The number of H-pyrrole nitrogens is 1. The largest absolute Gasteiger partial charge is 0.462 e. The molecule has 6 heteroatoms. The molecule has 0 aliphatic rings. The van der Waals surface area contributed by atoms with E-state index >= 15 is 0 Å². The molecule has 0 saturated heterocycles. The summed E-state index contributed by atoms with van der Waals surface area (Å²) in [5, 5.41) is 0. The second-order valence-corrected chi connectivity index (χ2v) is 2.65. The first kappa shape index (κ1) is 10.2. The molecular weight excluding hydrogens is 186 g/mol. The number of aromatic nitrogens is 2. The lowest BCUT2D eigenvalue weighted by Crippen LogP contribution is -2.20. The summed E-state index contributed by atoms with van der Waals surface area (Å²) in [6.07, 6.45) is 0. The van der Waals surface area contributed by atoms with Crippen molar-refractivity contribution in [2.24, 2.45) is 0 Å². The molecule has 1 heterocycles. The molecule has 0 fully saturated rings. The van der Waals surface area contributed by atoms with Crippen LogP contribution in [0.15, 0.2) is 4.79 Å². The second-order valence-electron chi connectivity index (χ2n) is 2.65. The predicted octanol–water partition coefficient (Wildman–Crippen LogP) is -0.163. The molecule has 14 heavy (non-hydrogen) atoms. The molecule has 0 atom stereocenters. The Balaban J connectivity index is 3.21. The van der Waals surface area contributed by atoms with Crippen LogP contribution in [0.3, 0.4) is 0 Å². The van der Waals surface area contributed by atoms with Gasteiger partial charge in [-0.3, -0.25) is 0 Å². The molecule has 6 nitrogen and oxygen atoms in total. The number of nitrogens with two attached hydrogens (primary N) is 1. The maximum atomic E-state index is 11.3. The number of carbonyl (C=O) groups is 1. The lowest BCUT2D eigenvalue weighted by atomic mass is 10.2. The van der Waals surface area contributed by atoms with Crippen LogP contribution < -0.4 is 11.4 Å². The van der Waals surface area contributed by atoms with Gasteiger partial charge in [-0.25, -0.2) is 9.59 Å². The molecule has 3 N–H and O–H groups in total. The van der Waals surface area contributed by atoms with Gasteiger partial charge >= 0.3 is 11.7 Å². The highest BCUT2D eigenvalue weighted by Gasteiger charge is 2.16. The number of nitrogen functional groups attached to an aromatic ring is 1. The van der Waals surface area contributed by atoms with E-state index in [2.05, 4.69) is 9.97 Å². The van der Waals surface area contributed by atoms with Gasteiger partial charge in [0.05, 0.1) is 6.61 Å². The number of rotatable bonds is 2. The molecular formula is C8H11N3O3. The minimum absolute atomic E-state index is 0.107. The molecule has 0 amide bonds. The number of aromatic amines is 1. The van der Waals surface area contributed by atoms with Gasteiger partial charge in [0.15, 0.2) is 0 Å². The molecule has 1 aromatic rings. The van der Waals surface area contributed by atoms with Crippen LogP contribution in [-0.4, -0.2) is 22.5 Å². The van der Waals surface area contributed by atoms with E-state index in [1.807, 2.05) is 0 Å². The van der Waals surface area contributed by atoms with Gasteiger partial charge in [-0.2, -0.15) is 4.98 Å². The van der Waals surface area contributed by atoms with E-state index < -0.39 is 11.7 Å². The molecule has 0 aliphatic heterocycles. The van der Waals surface area contributed by atoms with Crippen LogP contribution in [0.4, 0.5) is 5.82 Å². The quantitative estimate of drug-likeness (QED) is 0.642. The minimum atomic E-state index is -0.578. The highest BCUT2D eigenvalue weighted by Crippen LogP contribution is 2.10. The van der Waals surface area contributed by atoms with Crippen molar-refractivity contribution in [1.29, 1.82) is 0 Å². The van der Waals surface area contributed by atoms with E-state index in [0.717, 1.165) is 0 Å². The third-order valence-corrected chi connectivity index (χ3v) is 1.63. The van der Waals surface area contributed by atoms with Gasteiger partial charge in [0.1, 0.15) is 11.4 Å². The normalized spacial score (nSPS) is 9.86. The Morgan fingerprint density at radius 3 is 2.79 bits per heavy atom. The molecule has 0 aromatic carbocycles. The zero-order valence-corrected chi connectivity index (χ0v) is 7.96. The van der Waals surface area contributed by atoms with Crippen LogP contribution in [0.5, 0.6) is 0 Å². The van der Waals surface area contributed by atoms with Crippen molar-refractivity contribution in [3.8, 4) is 0 Å². The maximum absolute atomic E-state index is 11.3. The number of aryl methyl sites for hydroxylation is 1. The number of carbonyl (C=O) groups excluding carboxylic acids is 1. The summed E-state index contributed by atoms with van der Waals surface area (Å²) in [6.45, 7) is 3.49. The van der Waals surface area contributed by atoms with Gasteiger partial charge in [-0.1, -0.05) is 0 Å². The van der Waals surface area contributed by atoms with Crippen LogP contribution in [0, 0.1) is 6.92 Å². The van der Waals surface area contributed by atoms with Gasteiger partial charge in [0, 0.05) is 5.69 Å². The summed E-state index contributed by atoms with van der Waals surface area (Å²) in [4.78, 5) is 28.0. The fraction of sp³-hybridized carbons (Fsp3) is 0.375. The number of nitrogens with one attached hydrogen (secondary N) is 1. The van der Waals surface area contributed by atoms with Crippen LogP contribution in [0.2, 0.25) is 0 Å². The molecule has 0 aliphatic carbocycles. The Kier molecular flexibility index (Phi) is 2.85. The molecule has 0 spiro atoms. The minimum Gasteiger partial charge on any atom is -0.462 e. The predicted molar refractivity (Wildman–Crippen MR) is 50.0 cm³/mol. The third kappa shape index (κ3) is 1.90. The van der Waals surface area contributed by atoms with Gasteiger partial charge in [-0.15, -0.1) is 0 Å². The maximum Gasteiger partial charge on any atom is 0.347 e. The van der Waals surface area contributed by atoms with Crippen molar-refractivity contribution < 1.29 is 9.53 Å². The molecule has 76 valence electrons. The Morgan fingerprint density at radius 2 is 2.29 bits per heavy atom. The average molecular weight is 197 g/mol. The van der Waals surface area contributed by atoms with Crippen LogP contribution in [0.25, 0.3) is 0 Å². The summed E-state index contributed by atoms with van der Waals surface area (Å²) in [5.41, 5.74) is 5.32. The van der Waals surface area contributed by atoms with Crippen molar-refractivity contribution in [1.82, 2.24) is 9.97 Å². The monoisotopic (exact) mass is 197 g/mol.